The lowest BCUT2D eigenvalue weighted by Gasteiger charge is -2.00. The Kier molecular flexibility index (Phi) is 3.74. The third-order valence-electron chi connectivity index (χ3n) is 2.68. The van der Waals surface area contributed by atoms with Gasteiger partial charge in [0.15, 0.2) is 12.3 Å². The van der Waals surface area contributed by atoms with E-state index < -0.39 is 6.67 Å². The van der Waals surface area contributed by atoms with Crippen LogP contribution in [0.4, 0.5) is 4.39 Å². The van der Waals surface area contributed by atoms with E-state index in [0.717, 1.165) is 0 Å². The second-order valence-electron chi connectivity index (χ2n) is 4.14. The average Bonchev–Trinajstić information content (AvgIpc) is 2.99. The number of fused-ring (bicyclic) bond motifs is 1. The molecule has 0 bridgehead atoms. The highest BCUT2D eigenvalue weighted by molar-refractivity contribution is 5.38. The summed E-state index contributed by atoms with van der Waals surface area (Å²) in [5.74, 6) is 6.12. The van der Waals surface area contributed by atoms with Gasteiger partial charge in [-0.15, -0.1) is 0 Å². The Morgan fingerprint density at radius 1 is 1.19 bits per heavy atom. The normalized spacial score (nSPS) is 10.1. The molecule has 104 valence electrons. The van der Waals surface area contributed by atoms with Crippen LogP contribution >= 0.6 is 0 Å². The predicted octanol–water partition coefficient (Wildman–Crippen LogP) is 2.02. The fraction of sp³-hybridized carbons (Fsp3) is 0.133. The number of pyridine rings is 1. The summed E-state index contributed by atoms with van der Waals surface area (Å²) in [6.45, 7) is -0.417. The molecule has 3 rings (SSSR count). The number of hydrogen-bond donors (Lipinski definition) is 0. The van der Waals surface area contributed by atoms with E-state index in [1.807, 2.05) is 0 Å². The molecule has 0 aliphatic heterocycles. The van der Waals surface area contributed by atoms with Gasteiger partial charge in [-0.25, -0.2) is 13.9 Å². The molecule has 0 saturated carbocycles. The molecule has 0 fully saturated rings. The molecule has 0 N–H and O–H groups in total. The van der Waals surface area contributed by atoms with Crippen molar-refractivity contribution in [3.63, 3.8) is 0 Å². The van der Waals surface area contributed by atoms with Crippen LogP contribution in [0.2, 0.25) is 0 Å². The summed E-state index contributed by atoms with van der Waals surface area (Å²) in [5, 5.41) is 4.04. The number of alkyl halides is 1. The third-order valence-corrected chi connectivity index (χ3v) is 2.68. The summed E-state index contributed by atoms with van der Waals surface area (Å²) in [6, 6.07) is 8.56. The molecule has 0 radical (unpaired) electrons. The maximum atomic E-state index is 12.5. The van der Waals surface area contributed by atoms with Gasteiger partial charge < -0.3 is 4.74 Å². The molecule has 0 atom stereocenters. The SMILES string of the molecule is FCc1cccc(C#CCOc2ccn3nccc3n2)n1. The van der Waals surface area contributed by atoms with Gasteiger partial charge in [0.05, 0.1) is 11.9 Å². The number of hydrogen-bond acceptors (Lipinski definition) is 4. The molecule has 0 aliphatic carbocycles. The van der Waals surface area contributed by atoms with Gasteiger partial charge in [0.1, 0.15) is 12.4 Å². The van der Waals surface area contributed by atoms with E-state index in [1.54, 1.807) is 47.2 Å². The summed E-state index contributed by atoms with van der Waals surface area (Å²) in [4.78, 5) is 8.29. The molecule has 0 saturated heterocycles. The van der Waals surface area contributed by atoms with Crippen molar-refractivity contribution in [2.24, 2.45) is 0 Å². The van der Waals surface area contributed by atoms with Gasteiger partial charge in [-0.2, -0.15) is 10.1 Å². The van der Waals surface area contributed by atoms with Crippen LogP contribution in [0.1, 0.15) is 11.4 Å². The number of nitrogens with zero attached hydrogens (tertiary/aromatic N) is 4. The smallest absolute Gasteiger partial charge is 0.217 e. The van der Waals surface area contributed by atoms with Crippen LogP contribution in [0.25, 0.3) is 5.65 Å². The van der Waals surface area contributed by atoms with Gasteiger partial charge in [-0.05, 0) is 18.1 Å². The summed E-state index contributed by atoms with van der Waals surface area (Å²) in [6.07, 6.45) is 3.42. The lowest BCUT2D eigenvalue weighted by Crippen LogP contribution is -1.98. The zero-order chi connectivity index (χ0) is 14.5. The number of halogens is 1. The Morgan fingerprint density at radius 2 is 2.14 bits per heavy atom. The van der Waals surface area contributed by atoms with Gasteiger partial charge in [0, 0.05) is 18.3 Å². The summed E-state index contributed by atoms with van der Waals surface area (Å²) < 4.78 is 19.5. The molecule has 6 heteroatoms. The molecule has 0 aromatic carbocycles. The Morgan fingerprint density at radius 3 is 3.05 bits per heavy atom. The second-order valence-corrected chi connectivity index (χ2v) is 4.14. The molecule has 3 heterocycles. The topological polar surface area (TPSA) is 52.3 Å². The quantitative estimate of drug-likeness (QED) is 0.690. The Labute approximate surface area is 120 Å². The van der Waals surface area contributed by atoms with Gasteiger partial charge in [-0.1, -0.05) is 12.0 Å². The van der Waals surface area contributed by atoms with Crippen LogP contribution in [0.15, 0.2) is 42.7 Å². The molecular formula is C15H11FN4O. The molecule has 3 aromatic rings. The van der Waals surface area contributed by atoms with Crippen LogP contribution in [-0.4, -0.2) is 26.2 Å². The maximum absolute atomic E-state index is 12.5. The lowest BCUT2D eigenvalue weighted by atomic mass is 10.3. The first kappa shape index (κ1) is 13.1. The van der Waals surface area contributed by atoms with E-state index in [9.17, 15) is 4.39 Å². The van der Waals surface area contributed by atoms with Crippen LogP contribution < -0.4 is 4.74 Å². The number of ether oxygens (including phenoxy) is 1. The third kappa shape index (κ3) is 3.15. The fourth-order valence-electron chi connectivity index (χ4n) is 1.74. The maximum Gasteiger partial charge on any atom is 0.217 e. The zero-order valence-electron chi connectivity index (χ0n) is 11.0. The van der Waals surface area contributed by atoms with Crippen molar-refractivity contribution in [2.75, 3.05) is 6.61 Å². The van der Waals surface area contributed by atoms with Crippen molar-refractivity contribution in [3.8, 4) is 17.7 Å². The molecule has 0 unspecified atom stereocenters. The van der Waals surface area contributed by atoms with Crippen molar-refractivity contribution in [1.29, 1.82) is 0 Å². The van der Waals surface area contributed by atoms with E-state index in [1.165, 1.54) is 0 Å². The van der Waals surface area contributed by atoms with Crippen molar-refractivity contribution in [1.82, 2.24) is 19.6 Å². The van der Waals surface area contributed by atoms with Crippen molar-refractivity contribution < 1.29 is 9.13 Å². The van der Waals surface area contributed by atoms with Gasteiger partial charge in [0.25, 0.3) is 0 Å². The minimum Gasteiger partial charge on any atom is -0.464 e. The summed E-state index contributed by atoms with van der Waals surface area (Å²) >= 11 is 0. The molecular weight excluding hydrogens is 271 g/mol. The van der Waals surface area contributed by atoms with Crippen molar-refractivity contribution in [3.05, 3.63) is 54.1 Å². The largest absolute Gasteiger partial charge is 0.464 e. The first-order chi connectivity index (χ1) is 10.3. The van der Waals surface area contributed by atoms with E-state index in [4.69, 9.17) is 4.74 Å². The van der Waals surface area contributed by atoms with Crippen molar-refractivity contribution in [2.45, 2.75) is 6.67 Å². The van der Waals surface area contributed by atoms with Crippen LogP contribution in [0, 0.1) is 11.8 Å². The molecule has 3 aromatic heterocycles. The minimum atomic E-state index is -0.596. The average molecular weight is 282 g/mol. The first-order valence-electron chi connectivity index (χ1n) is 6.29. The Hall–Kier alpha value is -2.94. The summed E-state index contributed by atoms with van der Waals surface area (Å²) in [5.41, 5.74) is 1.60. The minimum absolute atomic E-state index is 0.179. The van der Waals surface area contributed by atoms with Crippen molar-refractivity contribution >= 4 is 5.65 Å². The van der Waals surface area contributed by atoms with Crippen LogP contribution in [0.3, 0.4) is 0 Å². The Bertz CT molecular complexity index is 819. The predicted molar refractivity (Wildman–Crippen MR) is 74.4 cm³/mol. The zero-order valence-corrected chi connectivity index (χ0v) is 11.0. The monoisotopic (exact) mass is 282 g/mol. The van der Waals surface area contributed by atoms with Crippen LogP contribution in [-0.2, 0) is 6.67 Å². The number of rotatable bonds is 3. The molecule has 0 aliphatic rings. The lowest BCUT2D eigenvalue weighted by molar-refractivity contribution is 0.355. The van der Waals surface area contributed by atoms with Crippen LogP contribution in [0.5, 0.6) is 5.88 Å². The van der Waals surface area contributed by atoms with Gasteiger partial charge in [0.2, 0.25) is 5.88 Å². The second kappa shape index (κ2) is 6.01. The first-order valence-corrected chi connectivity index (χ1v) is 6.29. The Balaban J connectivity index is 1.64. The summed E-state index contributed by atoms with van der Waals surface area (Å²) in [7, 11) is 0. The number of aromatic nitrogens is 4. The molecule has 0 spiro atoms. The molecule has 0 amide bonds. The van der Waals surface area contributed by atoms with Gasteiger partial charge in [-0.3, -0.25) is 0 Å². The van der Waals surface area contributed by atoms with E-state index in [2.05, 4.69) is 26.9 Å². The van der Waals surface area contributed by atoms with Gasteiger partial charge >= 0.3 is 0 Å². The highest BCUT2D eigenvalue weighted by atomic mass is 19.1. The highest BCUT2D eigenvalue weighted by Crippen LogP contribution is 2.07. The standard InChI is InChI=1S/C15H11FN4O/c16-11-13-4-1-3-12(18-13)5-2-10-21-15-7-9-20-14(19-15)6-8-17-20/h1,3-4,6-9H,10-11H2. The van der Waals surface area contributed by atoms with E-state index in [0.29, 0.717) is 22.9 Å². The fourth-order valence-corrected chi connectivity index (χ4v) is 1.74. The highest BCUT2D eigenvalue weighted by Gasteiger charge is 1.98. The molecule has 5 nitrogen and oxygen atoms in total. The van der Waals surface area contributed by atoms with E-state index >= 15 is 0 Å². The van der Waals surface area contributed by atoms with E-state index in [-0.39, 0.29) is 6.61 Å². The molecule has 21 heavy (non-hydrogen) atoms.